The molecule has 1 saturated heterocycles. The number of amides is 1. The average Bonchev–Trinajstić information content (AvgIpc) is 3.19. The normalized spacial score (nSPS) is 22.5. The summed E-state index contributed by atoms with van der Waals surface area (Å²) in [6.45, 7) is 1.73. The second-order valence-corrected chi connectivity index (χ2v) is 5.75. The van der Waals surface area contributed by atoms with Crippen molar-refractivity contribution < 1.29 is 9.53 Å². The number of carbonyl (C=O) groups excluding carboxylic acids is 1. The summed E-state index contributed by atoms with van der Waals surface area (Å²) in [5, 5.41) is 15.8. The molecule has 1 aliphatic heterocycles. The SMILES string of the molecule is CO[C@@H]1CN(CC(=O)Nc2nccs2)C[C@H]1c1cn[nH]n1. The zero-order chi connectivity index (χ0) is 14.7. The molecule has 0 aliphatic carbocycles. The van der Waals surface area contributed by atoms with E-state index in [1.165, 1.54) is 11.3 Å². The minimum absolute atomic E-state index is 0.0164. The van der Waals surface area contributed by atoms with Gasteiger partial charge in [0.1, 0.15) is 0 Å². The first-order valence-corrected chi connectivity index (χ1v) is 7.44. The molecule has 0 unspecified atom stereocenters. The number of carbonyl (C=O) groups is 1. The number of ether oxygens (including phenoxy) is 1. The molecule has 0 bridgehead atoms. The van der Waals surface area contributed by atoms with E-state index in [-0.39, 0.29) is 17.9 Å². The van der Waals surface area contributed by atoms with Gasteiger partial charge in [0.25, 0.3) is 0 Å². The molecular weight excluding hydrogens is 292 g/mol. The number of likely N-dealkylation sites (tertiary alicyclic amines) is 1. The number of thiazole rings is 1. The number of anilines is 1. The number of nitrogens with one attached hydrogen (secondary N) is 2. The van der Waals surface area contributed by atoms with Gasteiger partial charge in [-0.05, 0) is 0 Å². The van der Waals surface area contributed by atoms with Crippen LogP contribution in [-0.4, -0.2) is 64.0 Å². The highest BCUT2D eigenvalue weighted by molar-refractivity contribution is 7.13. The molecule has 0 radical (unpaired) electrons. The van der Waals surface area contributed by atoms with E-state index >= 15 is 0 Å². The lowest BCUT2D eigenvalue weighted by molar-refractivity contribution is -0.117. The topological polar surface area (TPSA) is 96.0 Å². The Hall–Kier alpha value is -1.84. The van der Waals surface area contributed by atoms with Crippen LogP contribution in [0.3, 0.4) is 0 Å². The third kappa shape index (κ3) is 3.26. The van der Waals surface area contributed by atoms with Crippen molar-refractivity contribution in [1.82, 2.24) is 25.3 Å². The van der Waals surface area contributed by atoms with Crippen LogP contribution < -0.4 is 5.32 Å². The number of rotatable bonds is 5. The van der Waals surface area contributed by atoms with Gasteiger partial charge >= 0.3 is 0 Å². The molecule has 2 atom stereocenters. The van der Waals surface area contributed by atoms with Crippen LogP contribution in [0.15, 0.2) is 17.8 Å². The number of methoxy groups -OCH3 is 1. The Balaban J connectivity index is 1.58. The van der Waals surface area contributed by atoms with E-state index in [2.05, 4.69) is 30.6 Å². The molecule has 0 saturated carbocycles. The molecule has 9 heteroatoms. The fourth-order valence-corrected chi connectivity index (χ4v) is 3.09. The second-order valence-electron chi connectivity index (χ2n) is 4.86. The number of hydrogen-bond acceptors (Lipinski definition) is 7. The summed E-state index contributed by atoms with van der Waals surface area (Å²) in [5.74, 6) is 0.0574. The fraction of sp³-hybridized carbons (Fsp3) is 0.500. The van der Waals surface area contributed by atoms with E-state index < -0.39 is 0 Å². The Bertz CT molecular complexity index is 573. The first kappa shape index (κ1) is 14.1. The Kier molecular flexibility index (Phi) is 4.23. The largest absolute Gasteiger partial charge is 0.379 e. The van der Waals surface area contributed by atoms with Crippen LogP contribution in [0.25, 0.3) is 0 Å². The highest BCUT2D eigenvalue weighted by Crippen LogP contribution is 2.27. The van der Waals surface area contributed by atoms with Crippen molar-refractivity contribution in [2.75, 3.05) is 32.1 Å². The summed E-state index contributed by atoms with van der Waals surface area (Å²) in [5.41, 5.74) is 0.865. The molecule has 21 heavy (non-hydrogen) atoms. The number of H-pyrrole nitrogens is 1. The summed E-state index contributed by atoms with van der Waals surface area (Å²) in [6, 6.07) is 0. The van der Waals surface area contributed by atoms with Crippen molar-refractivity contribution in [3.05, 3.63) is 23.5 Å². The number of hydrogen-bond donors (Lipinski definition) is 2. The predicted molar refractivity (Wildman–Crippen MR) is 77.1 cm³/mol. The van der Waals surface area contributed by atoms with Gasteiger partial charge in [0.15, 0.2) is 5.13 Å². The Morgan fingerprint density at radius 3 is 3.19 bits per heavy atom. The molecule has 2 aromatic rings. The lowest BCUT2D eigenvalue weighted by atomic mass is 10.0. The van der Waals surface area contributed by atoms with Crippen LogP contribution >= 0.6 is 11.3 Å². The van der Waals surface area contributed by atoms with Crippen LogP contribution in [0.5, 0.6) is 0 Å². The van der Waals surface area contributed by atoms with Crippen molar-refractivity contribution in [3.8, 4) is 0 Å². The molecule has 1 fully saturated rings. The zero-order valence-electron chi connectivity index (χ0n) is 11.5. The van der Waals surface area contributed by atoms with Crippen LogP contribution in [0.2, 0.25) is 0 Å². The molecule has 0 spiro atoms. The van der Waals surface area contributed by atoms with Crippen molar-refractivity contribution in [3.63, 3.8) is 0 Å². The van der Waals surface area contributed by atoms with Gasteiger partial charge in [0, 0.05) is 37.7 Å². The molecule has 1 amide bonds. The fourth-order valence-electron chi connectivity index (χ4n) is 2.54. The maximum Gasteiger partial charge on any atom is 0.240 e. The van der Waals surface area contributed by atoms with Gasteiger partial charge in [-0.25, -0.2) is 4.98 Å². The molecule has 1 aliphatic rings. The lowest BCUT2D eigenvalue weighted by Crippen LogP contribution is -2.32. The summed E-state index contributed by atoms with van der Waals surface area (Å²) in [6.07, 6.45) is 3.39. The number of aromatic nitrogens is 4. The van der Waals surface area contributed by atoms with Gasteiger partial charge in [-0.15, -0.1) is 11.3 Å². The van der Waals surface area contributed by atoms with Crippen molar-refractivity contribution in [2.24, 2.45) is 0 Å². The molecule has 2 aromatic heterocycles. The molecule has 2 N–H and O–H groups in total. The third-order valence-corrected chi connectivity index (χ3v) is 4.19. The monoisotopic (exact) mass is 308 g/mol. The minimum atomic E-state index is -0.0689. The van der Waals surface area contributed by atoms with Crippen LogP contribution in [0, 0.1) is 0 Å². The molecule has 3 heterocycles. The number of nitrogens with zero attached hydrogens (tertiary/aromatic N) is 4. The summed E-state index contributed by atoms with van der Waals surface area (Å²) < 4.78 is 5.50. The van der Waals surface area contributed by atoms with E-state index in [0.717, 1.165) is 12.2 Å². The average molecular weight is 308 g/mol. The summed E-state index contributed by atoms with van der Waals surface area (Å²) in [4.78, 5) is 18.1. The van der Waals surface area contributed by atoms with Gasteiger partial charge < -0.3 is 10.1 Å². The van der Waals surface area contributed by atoms with E-state index in [1.54, 1.807) is 19.5 Å². The first-order chi connectivity index (χ1) is 10.3. The van der Waals surface area contributed by atoms with Gasteiger partial charge in [0.2, 0.25) is 5.91 Å². The third-order valence-electron chi connectivity index (χ3n) is 3.50. The van der Waals surface area contributed by atoms with Crippen LogP contribution in [0.1, 0.15) is 11.6 Å². The standard InChI is InChI=1S/C12H16N6O2S/c1-20-10-6-18(5-8(10)9-4-14-17-16-9)7-11(19)15-12-13-2-3-21-12/h2-4,8,10H,5-7H2,1H3,(H,13,15,19)(H,14,16,17)/t8-,10+/m0/s1. The number of aromatic amines is 1. The van der Waals surface area contributed by atoms with Crippen molar-refractivity contribution in [2.45, 2.75) is 12.0 Å². The molecule has 8 nitrogen and oxygen atoms in total. The maximum absolute atomic E-state index is 12.0. The predicted octanol–water partition coefficient (Wildman–Crippen LogP) is 0.314. The van der Waals surface area contributed by atoms with E-state index in [9.17, 15) is 4.79 Å². The van der Waals surface area contributed by atoms with E-state index in [4.69, 9.17) is 4.74 Å². The highest BCUT2D eigenvalue weighted by atomic mass is 32.1. The van der Waals surface area contributed by atoms with Crippen LogP contribution in [-0.2, 0) is 9.53 Å². The minimum Gasteiger partial charge on any atom is -0.379 e. The van der Waals surface area contributed by atoms with E-state index in [0.29, 0.717) is 18.2 Å². The van der Waals surface area contributed by atoms with Gasteiger partial charge in [0.05, 0.1) is 24.5 Å². The molecule has 112 valence electrons. The molecule has 3 rings (SSSR count). The smallest absolute Gasteiger partial charge is 0.240 e. The van der Waals surface area contributed by atoms with Crippen molar-refractivity contribution >= 4 is 22.4 Å². The van der Waals surface area contributed by atoms with Gasteiger partial charge in [-0.2, -0.15) is 15.4 Å². The summed E-state index contributed by atoms with van der Waals surface area (Å²) >= 11 is 1.40. The zero-order valence-corrected chi connectivity index (χ0v) is 12.3. The highest BCUT2D eigenvalue weighted by Gasteiger charge is 2.36. The Morgan fingerprint density at radius 1 is 1.62 bits per heavy atom. The maximum atomic E-state index is 12.0. The Labute approximate surface area is 125 Å². The quantitative estimate of drug-likeness (QED) is 0.825. The lowest BCUT2D eigenvalue weighted by Gasteiger charge is -2.14. The van der Waals surface area contributed by atoms with E-state index in [1.807, 2.05) is 5.38 Å². The van der Waals surface area contributed by atoms with Gasteiger partial charge in [-0.3, -0.25) is 9.69 Å². The second kappa shape index (κ2) is 6.29. The molecule has 0 aromatic carbocycles. The van der Waals surface area contributed by atoms with Crippen molar-refractivity contribution in [1.29, 1.82) is 0 Å². The van der Waals surface area contributed by atoms with Crippen LogP contribution in [0.4, 0.5) is 5.13 Å². The summed E-state index contributed by atoms with van der Waals surface area (Å²) in [7, 11) is 1.68. The van der Waals surface area contributed by atoms with Gasteiger partial charge in [-0.1, -0.05) is 0 Å². The first-order valence-electron chi connectivity index (χ1n) is 6.56. The molecular formula is C12H16N6O2S. The Morgan fingerprint density at radius 2 is 2.52 bits per heavy atom.